The second kappa shape index (κ2) is 8.63. The summed E-state index contributed by atoms with van der Waals surface area (Å²) in [5.74, 6) is -0.552. The van der Waals surface area contributed by atoms with Gasteiger partial charge < -0.3 is 16.0 Å². The molecule has 1 aliphatic heterocycles. The Kier molecular flexibility index (Phi) is 6.24. The van der Waals surface area contributed by atoms with Gasteiger partial charge in [0.15, 0.2) is 0 Å². The molecule has 1 saturated heterocycles. The molecule has 1 aliphatic rings. The van der Waals surface area contributed by atoms with Gasteiger partial charge in [-0.1, -0.05) is 29.3 Å². The van der Waals surface area contributed by atoms with E-state index >= 15 is 0 Å². The van der Waals surface area contributed by atoms with Gasteiger partial charge in [0.2, 0.25) is 5.91 Å². The molecule has 1 unspecified atom stereocenters. The van der Waals surface area contributed by atoms with E-state index in [1.807, 2.05) is 12.1 Å². The van der Waals surface area contributed by atoms with Gasteiger partial charge in [0.1, 0.15) is 0 Å². The van der Waals surface area contributed by atoms with Crippen molar-refractivity contribution in [3.8, 4) is 0 Å². The number of nitrogens with zero attached hydrogens (tertiary/aromatic N) is 1. The highest BCUT2D eigenvalue weighted by Crippen LogP contribution is 2.24. The van der Waals surface area contributed by atoms with Crippen LogP contribution in [-0.4, -0.2) is 24.9 Å². The maximum Gasteiger partial charge on any atom is 0.251 e. The molecule has 0 spiro atoms. The van der Waals surface area contributed by atoms with Crippen LogP contribution in [0.5, 0.6) is 0 Å². The molecule has 2 aromatic carbocycles. The van der Waals surface area contributed by atoms with Gasteiger partial charge in [-0.05, 0) is 54.8 Å². The lowest BCUT2D eigenvalue weighted by atomic mass is 9.97. The predicted molar refractivity (Wildman–Crippen MR) is 108 cm³/mol. The van der Waals surface area contributed by atoms with E-state index in [9.17, 15) is 9.59 Å². The van der Waals surface area contributed by atoms with Crippen LogP contribution < -0.4 is 16.0 Å². The Morgan fingerprint density at radius 2 is 1.89 bits per heavy atom. The summed E-state index contributed by atoms with van der Waals surface area (Å²) in [5.41, 5.74) is 7.79. The lowest BCUT2D eigenvalue weighted by Crippen LogP contribution is -2.41. The van der Waals surface area contributed by atoms with Crippen molar-refractivity contribution < 1.29 is 9.59 Å². The van der Waals surface area contributed by atoms with Crippen molar-refractivity contribution in [1.29, 1.82) is 0 Å². The third kappa shape index (κ3) is 4.93. The summed E-state index contributed by atoms with van der Waals surface area (Å²) in [6.07, 6.45) is 1.76. The van der Waals surface area contributed by atoms with Crippen molar-refractivity contribution in [3.63, 3.8) is 0 Å². The zero-order valence-electron chi connectivity index (χ0n) is 14.8. The standard InChI is InChI=1S/C20H21Cl2N3O2/c21-16-6-3-14(18(22)10-16)11-24-20(27)13-4-7-17(8-5-13)25-9-1-2-15(12-25)19(23)26/h3-8,10,15H,1-2,9,11-12H2,(H2,23,26)(H,24,27). The molecule has 27 heavy (non-hydrogen) atoms. The Hall–Kier alpha value is -2.24. The topological polar surface area (TPSA) is 75.4 Å². The minimum Gasteiger partial charge on any atom is -0.371 e. The van der Waals surface area contributed by atoms with Gasteiger partial charge >= 0.3 is 0 Å². The summed E-state index contributed by atoms with van der Waals surface area (Å²) < 4.78 is 0. The first-order valence-electron chi connectivity index (χ1n) is 8.80. The lowest BCUT2D eigenvalue weighted by Gasteiger charge is -2.33. The van der Waals surface area contributed by atoms with E-state index in [-0.39, 0.29) is 17.7 Å². The number of anilines is 1. The molecular weight excluding hydrogens is 385 g/mol. The largest absolute Gasteiger partial charge is 0.371 e. The number of carbonyl (C=O) groups is 2. The van der Waals surface area contributed by atoms with Crippen LogP contribution in [0.3, 0.4) is 0 Å². The molecule has 3 rings (SSSR count). The number of amides is 2. The first-order chi connectivity index (χ1) is 12.9. The number of benzene rings is 2. The van der Waals surface area contributed by atoms with Crippen LogP contribution >= 0.6 is 23.2 Å². The number of hydrogen-bond acceptors (Lipinski definition) is 3. The maximum atomic E-state index is 12.4. The van der Waals surface area contributed by atoms with Gasteiger partial charge in [-0.15, -0.1) is 0 Å². The number of primary amides is 1. The number of nitrogens with one attached hydrogen (secondary N) is 1. The average molecular weight is 406 g/mol. The van der Waals surface area contributed by atoms with E-state index in [1.54, 1.807) is 30.3 Å². The highest BCUT2D eigenvalue weighted by molar-refractivity contribution is 6.35. The molecule has 0 bridgehead atoms. The summed E-state index contributed by atoms with van der Waals surface area (Å²) in [4.78, 5) is 25.9. The smallest absolute Gasteiger partial charge is 0.251 e. The predicted octanol–water partition coefficient (Wildman–Crippen LogP) is 3.63. The first kappa shape index (κ1) is 19.5. The molecule has 0 saturated carbocycles. The normalized spacial score (nSPS) is 16.8. The van der Waals surface area contributed by atoms with Crippen molar-refractivity contribution in [1.82, 2.24) is 5.32 Å². The third-order valence-corrected chi connectivity index (χ3v) is 5.36. The fourth-order valence-electron chi connectivity index (χ4n) is 3.21. The fraction of sp³-hybridized carbons (Fsp3) is 0.300. The highest BCUT2D eigenvalue weighted by atomic mass is 35.5. The van der Waals surface area contributed by atoms with Gasteiger partial charge in [0, 0.05) is 40.9 Å². The minimum atomic E-state index is -0.253. The van der Waals surface area contributed by atoms with E-state index in [1.165, 1.54) is 0 Å². The number of carbonyl (C=O) groups excluding carboxylic acids is 2. The number of rotatable bonds is 5. The van der Waals surface area contributed by atoms with Gasteiger partial charge in [-0.3, -0.25) is 9.59 Å². The minimum absolute atomic E-state index is 0.120. The molecule has 5 nitrogen and oxygen atoms in total. The Morgan fingerprint density at radius 1 is 1.15 bits per heavy atom. The van der Waals surface area contributed by atoms with E-state index < -0.39 is 0 Å². The summed E-state index contributed by atoms with van der Waals surface area (Å²) in [7, 11) is 0. The van der Waals surface area contributed by atoms with Crippen molar-refractivity contribution in [2.75, 3.05) is 18.0 Å². The zero-order chi connectivity index (χ0) is 19.4. The maximum absolute atomic E-state index is 12.4. The van der Waals surface area contributed by atoms with Crippen molar-refractivity contribution in [2.24, 2.45) is 11.7 Å². The number of nitrogens with two attached hydrogens (primary N) is 1. The van der Waals surface area contributed by atoms with Crippen LogP contribution in [0.2, 0.25) is 10.0 Å². The number of hydrogen-bond donors (Lipinski definition) is 2. The van der Waals surface area contributed by atoms with Gasteiger partial charge in [-0.2, -0.15) is 0 Å². The molecule has 7 heteroatoms. The van der Waals surface area contributed by atoms with Crippen LogP contribution in [0.15, 0.2) is 42.5 Å². The summed E-state index contributed by atoms with van der Waals surface area (Å²) in [5, 5.41) is 3.93. The second-order valence-corrected chi connectivity index (χ2v) is 7.50. The first-order valence-corrected chi connectivity index (χ1v) is 9.56. The highest BCUT2D eigenvalue weighted by Gasteiger charge is 2.24. The van der Waals surface area contributed by atoms with Gasteiger partial charge in [0.25, 0.3) is 5.91 Å². The molecule has 0 aliphatic carbocycles. The molecule has 2 aromatic rings. The SMILES string of the molecule is NC(=O)C1CCCN(c2ccc(C(=O)NCc3ccc(Cl)cc3Cl)cc2)C1. The van der Waals surface area contributed by atoms with E-state index in [2.05, 4.69) is 10.2 Å². The van der Waals surface area contributed by atoms with Crippen LogP contribution in [-0.2, 0) is 11.3 Å². The molecule has 0 aromatic heterocycles. The van der Waals surface area contributed by atoms with E-state index in [0.29, 0.717) is 28.7 Å². The second-order valence-electron chi connectivity index (χ2n) is 6.65. The van der Waals surface area contributed by atoms with Crippen LogP contribution in [0, 0.1) is 5.92 Å². The van der Waals surface area contributed by atoms with Crippen LogP contribution in [0.1, 0.15) is 28.8 Å². The summed E-state index contributed by atoms with van der Waals surface area (Å²) in [6.45, 7) is 1.82. The molecule has 2 amide bonds. The Morgan fingerprint density at radius 3 is 2.56 bits per heavy atom. The Labute approximate surface area is 168 Å². The third-order valence-electron chi connectivity index (χ3n) is 4.77. The van der Waals surface area contributed by atoms with Gasteiger partial charge in [-0.25, -0.2) is 0 Å². The van der Waals surface area contributed by atoms with Crippen LogP contribution in [0.25, 0.3) is 0 Å². The summed E-state index contributed by atoms with van der Waals surface area (Å²) >= 11 is 12.0. The van der Waals surface area contributed by atoms with E-state index in [4.69, 9.17) is 28.9 Å². The molecule has 0 radical (unpaired) electrons. The molecule has 3 N–H and O–H groups in total. The van der Waals surface area contributed by atoms with Crippen molar-refractivity contribution in [3.05, 3.63) is 63.6 Å². The summed E-state index contributed by atoms with van der Waals surface area (Å²) in [6, 6.07) is 12.5. The number of halogens is 2. The van der Waals surface area contributed by atoms with Crippen molar-refractivity contribution >= 4 is 40.7 Å². The van der Waals surface area contributed by atoms with Gasteiger partial charge in [0.05, 0.1) is 5.92 Å². The Bertz CT molecular complexity index is 840. The van der Waals surface area contributed by atoms with Crippen LogP contribution in [0.4, 0.5) is 5.69 Å². The van der Waals surface area contributed by atoms with E-state index in [0.717, 1.165) is 30.6 Å². The molecule has 1 fully saturated rings. The fourth-order valence-corrected chi connectivity index (χ4v) is 3.69. The Balaban J connectivity index is 1.61. The lowest BCUT2D eigenvalue weighted by molar-refractivity contribution is -0.122. The molecule has 142 valence electrons. The molecule has 1 atom stereocenters. The average Bonchev–Trinajstić information content (AvgIpc) is 2.67. The van der Waals surface area contributed by atoms with Crippen molar-refractivity contribution in [2.45, 2.75) is 19.4 Å². The zero-order valence-corrected chi connectivity index (χ0v) is 16.3. The number of piperidine rings is 1. The molecular formula is C20H21Cl2N3O2. The monoisotopic (exact) mass is 405 g/mol. The molecule has 1 heterocycles. The quantitative estimate of drug-likeness (QED) is 0.797.